The molecule has 0 aromatic heterocycles. The maximum absolute atomic E-state index is 5.77. The summed E-state index contributed by atoms with van der Waals surface area (Å²) < 4.78 is 5.76. The molecule has 0 amide bonds. The molecule has 0 bridgehead atoms. The molecule has 90 valence electrons. The molecule has 1 aromatic carbocycles. The molecule has 0 saturated heterocycles. The molecule has 16 heavy (non-hydrogen) atoms. The van der Waals surface area contributed by atoms with Crippen LogP contribution in [0.5, 0.6) is 5.75 Å². The van der Waals surface area contributed by atoms with Crippen LogP contribution >= 0.6 is 0 Å². The lowest BCUT2D eigenvalue weighted by Gasteiger charge is -2.34. The lowest BCUT2D eigenvalue weighted by atomic mass is 10.0. The van der Waals surface area contributed by atoms with Crippen molar-refractivity contribution in [2.45, 2.75) is 19.4 Å². The Labute approximate surface area is 98.2 Å². The summed E-state index contributed by atoms with van der Waals surface area (Å²) in [6.45, 7) is 5.33. The summed E-state index contributed by atoms with van der Waals surface area (Å²) in [4.78, 5) is 2.10. The molecule has 1 rings (SSSR count). The summed E-state index contributed by atoms with van der Waals surface area (Å²) in [5, 5.41) is 0. The SMILES string of the molecule is Cc1ccc(OCC(C)(CN)N(C)C)cc1. The van der Waals surface area contributed by atoms with Crippen LogP contribution in [-0.4, -0.2) is 37.7 Å². The third-order valence-corrected chi connectivity index (χ3v) is 3.09. The first-order valence-electron chi connectivity index (χ1n) is 5.55. The Kier molecular flexibility index (Phi) is 4.33. The molecule has 0 radical (unpaired) electrons. The first kappa shape index (κ1) is 13.0. The average Bonchev–Trinajstić information content (AvgIpc) is 2.27. The molecule has 2 N–H and O–H groups in total. The Morgan fingerprint density at radius 3 is 2.25 bits per heavy atom. The Hall–Kier alpha value is -1.06. The van der Waals surface area contributed by atoms with Crippen LogP contribution in [0.25, 0.3) is 0 Å². The summed E-state index contributed by atoms with van der Waals surface area (Å²) in [6, 6.07) is 8.07. The van der Waals surface area contributed by atoms with Gasteiger partial charge in [-0.3, -0.25) is 4.90 Å². The van der Waals surface area contributed by atoms with Crippen molar-refractivity contribution in [1.29, 1.82) is 0 Å². The number of nitrogens with zero attached hydrogens (tertiary/aromatic N) is 1. The molecule has 0 aliphatic carbocycles. The fourth-order valence-electron chi connectivity index (χ4n) is 1.24. The molecule has 3 nitrogen and oxygen atoms in total. The second-order valence-electron chi connectivity index (χ2n) is 4.70. The number of rotatable bonds is 5. The van der Waals surface area contributed by atoms with Crippen LogP contribution < -0.4 is 10.5 Å². The second-order valence-corrected chi connectivity index (χ2v) is 4.70. The molecule has 0 saturated carbocycles. The van der Waals surface area contributed by atoms with Crippen LogP contribution in [0.4, 0.5) is 0 Å². The van der Waals surface area contributed by atoms with Gasteiger partial charge in [0.25, 0.3) is 0 Å². The molecule has 1 aromatic rings. The molecule has 0 heterocycles. The van der Waals surface area contributed by atoms with E-state index in [9.17, 15) is 0 Å². The van der Waals surface area contributed by atoms with Crippen LogP contribution in [0.1, 0.15) is 12.5 Å². The van der Waals surface area contributed by atoms with Crippen molar-refractivity contribution in [3.8, 4) is 5.75 Å². The van der Waals surface area contributed by atoms with Gasteiger partial charge >= 0.3 is 0 Å². The summed E-state index contributed by atoms with van der Waals surface area (Å²) in [5.41, 5.74) is 6.89. The highest BCUT2D eigenvalue weighted by atomic mass is 16.5. The fourth-order valence-corrected chi connectivity index (χ4v) is 1.24. The van der Waals surface area contributed by atoms with Gasteiger partial charge < -0.3 is 10.5 Å². The van der Waals surface area contributed by atoms with Crippen LogP contribution in [0, 0.1) is 6.92 Å². The number of hydrogen-bond donors (Lipinski definition) is 1. The molecule has 0 aliphatic heterocycles. The number of nitrogens with two attached hydrogens (primary N) is 1. The van der Waals surface area contributed by atoms with Crippen LogP contribution in [0.3, 0.4) is 0 Å². The van der Waals surface area contributed by atoms with E-state index in [1.54, 1.807) is 0 Å². The first-order valence-corrected chi connectivity index (χ1v) is 5.55. The maximum atomic E-state index is 5.77. The Balaban J connectivity index is 2.59. The van der Waals surface area contributed by atoms with Gasteiger partial charge in [-0.2, -0.15) is 0 Å². The standard InChI is InChI=1S/C13H22N2O/c1-11-5-7-12(8-6-11)16-10-13(2,9-14)15(3)4/h5-8H,9-10,14H2,1-4H3. The average molecular weight is 222 g/mol. The number of aryl methyl sites for hydroxylation is 1. The van der Waals surface area contributed by atoms with Crippen molar-refractivity contribution < 1.29 is 4.74 Å². The van der Waals surface area contributed by atoms with E-state index < -0.39 is 0 Å². The van der Waals surface area contributed by atoms with Gasteiger partial charge in [-0.05, 0) is 40.1 Å². The first-order chi connectivity index (χ1) is 7.48. The van der Waals surface area contributed by atoms with Crippen LogP contribution in [-0.2, 0) is 0 Å². The largest absolute Gasteiger partial charge is 0.492 e. The van der Waals surface area contributed by atoms with E-state index in [0.29, 0.717) is 13.2 Å². The number of benzene rings is 1. The summed E-state index contributed by atoms with van der Waals surface area (Å²) in [7, 11) is 4.04. The molecule has 3 heteroatoms. The predicted octanol–water partition coefficient (Wildman–Crippen LogP) is 1.65. The number of hydrogen-bond acceptors (Lipinski definition) is 3. The van der Waals surface area contributed by atoms with Gasteiger partial charge in [0.2, 0.25) is 0 Å². The smallest absolute Gasteiger partial charge is 0.119 e. The molecule has 1 atom stereocenters. The third kappa shape index (κ3) is 3.22. The second kappa shape index (κ2) is 5.32. The minimum absolute atomic E-state index is 0.120. The quantitative estimate of drug-likeness (QED) is 0.823. The lowest BCUT2D eigenvalue weighted by Crippen LogP contribution is -2.52. The van der Waals surface area contributed by atoms with Crippen molar-refractivity contribution >= 4 is 0 Å². The van der Waals surface area contributed by atoms with E-state index in [1.807, 2.05) is 38.4 Å². The summed E-state index contributed by atoms with van der Waals surface area (Å²) >= 11 is 0. The Morgan fingerprint density at radius 2 is 1.81 bits per heavy atom. The molecule has 0 fully saturated rings. The lowest BCUT2D eigenvalue weighted by molar-refractivity contribution is 0.104. The molecular formula is C13H22N2O. The normalized spacial score (nSPS) is 14.9. The van der Waals surface area contributed by atoms with E-state index in [-0.39, 0.29) is 5.54 Å². The van der Waals surface area contributed by atoms with Gasteiger partial charge in [0.15, 0.2) is 0 Å². The monoisotopic (exact) mass is 222 g/mol. The summed E-state index contributed by atoms with van der Waals surface area (Å²) in [5.74, 6) is 0.895. The van der Waals surface area contributed by atoms with Crippen molar-refractivity contribution in [3.63, 3.8) is 0 Å². The maximum Gasteiger partial charge on any atom is 0.119 e. The zero-order chi connectivity index (χ0) is 12.2. The van der Waals surface area contributed by atoms with Gasteiger partial charge in [0.05, 0.1) is 5.54 Å². The van der Waals surface area contributed by atoms with E-state index in [1.165, 1.54) is 5.56 Å². The van der Waals surface area contributed by atoms with E-state index in [2.05, 4.69) is 18.7 Å². The van der Waals surface area contributed by atoms with Gasteiger partial charge in [-0.15, -0.1) is 0 Å². The fraction of sp³-hybridized carbons (Fsp3) is 0.538. The topological polar surface area (TPSA) is 38.5 Å². The minimum atomic E-state index is -0.120. The summed E-state index contributed by atoms with van der Waals surface area (Å²) in [6.07, 6.45) is 0. The Morgan fingerprint density at radius 1 is 1.25 bits per heavy atom. The number of ether oxygens (including phenoxy) is 1. The zero-order valence-electron chi connectivity index (χ0n) is 10.7. The van der Waals surface area contributed by atoms with Crippen LogP contribution in [0.15, 0.2) is 24.3 Å². The van der Waals surface area contributed by atoms with E-state index in [0.717, 1.165) is 5.75 Å². The van der Waals surface area contributed by atoms with E-state index >= 15 is 0 Å². The zero-order valence-corrected chi connectivity index (χ0v) is 10.7. The molecular weight excluding hydrogens is 200 g/mol. The highest BCUT2D eigenvalue weighted by Crippen LogP contribution is 2.16. The van der Waals surface area contributed by atoms with Gasteiger partial charge in [-0.1, -0.05) is 17.7 Å². The number of likely N-dealkylation sites (N-methyl/N-ethyl adjacent to an activating group) is 1. The van der Waals surface area contributed by atoms with Crippen LogP contribution in [0.2, 0.25) is 0 Å². The minimum Gasteiger partial charge on any atom is -0.492 e. The van der Waals surface area contributed by atoms with Crippen molar-refractivity contribution in [2.75, 3.05) is 27.2 Å². The third-order valence-electron chi connectivity index (χ3n) is 3.09. The van der Waals surface area contributed by atoms with Gasteiger partial charge in [-0.25, -0.2) is 0 Å². The highest BCUT2D eigenvalue weighted by molar-refractivity contribution is 5.26. The highest BCUT2D eigenvalue weighted by Gasteiger charge is 2.25. The van der Waals surface area contributed by atoms with Crippen molar-refractivity contribution in [3.05, 3.63) is 29.8 Å². The molecule has 1 unspecified atom stereocenters. The van der Waals surface area contributed by atoms with Crippen molar-refractivity contribution in [1.82, 2.24) is 4.90 Å². The van der Waals surface area contributed by atoms with Gasteiger partial charge in [0, 0.05) is 6.54 Å². The molecule has 0 aliphatic rings. The predicted molar refractivity (Wildman–Crippen MR) is 67.8 cm³/mol. The van der Waals surface area contributed by atoms with E-state index in [4.69, 9.17) is 10.5 Å². The Bertz CT molecular complexity index is 321. The van der Waals surface area contributed by atoms with Crippen molar-refractivity contribution in [2.24, 2.45) is 5.73 Å². The van der Waals surface area contributed by atoms with Gasteiger partial charge in [0.1, 0.15) is 12.4 Å². The molecule has 0 spiro atoms.